The molecular formula is C12H17NO2S. The first kappa shape index (κ1) is 10.7. The first-order valence-corrected chi connectivity index (χ1v) is 6.77. The summed E-state index contributed by atoms with van der Waals surface area (Å²) >= 11 is 1.66. The molecule has 0 saturated carbocycles. The van der Waals surface area contributed by atoms with Crippen LogP contribution in [-0.4, -0.2) is 22.3 Å². The number of aliphatic hydroxyl groups excluding tert-OH is 1. The normalized spacial score (nSPS) is 34.6. The van der Waals surface area contributed by atoms with Crippen LogP contribution in [0.2, 0.25) is 0 Å². The fraction of sp³-hybridized carbons (Fsp3) is 0.750. The van der Waals surface area contributed by atoms with E-state index in [0.29, 0.717) is 18.1 Å². The SMILES string of the molecule is Cc1nc(C2CC3CCC2O3)sc1C(C)O. The van der Waals surface area contributed by atoms with Crippen LogP contribution in [0, 0.1) is 6.92 Å². The smallest absolute Gasteiger partial charge is 0.0989 e. The van der Waals surface area contributed by atoms with E-state index < -0.39 is 6.10 Å². The summed E-state index contributed by atoms with van der Waals surface area (Å²) in [6.45, 7) is 3.79. The van der Waals surface area contributed by atoms with Gasteiger partial charge in [0.1, 0.15) is 0 Å². The molecule has 0 aromatic carbocycles. The van der Waals surface area contributed by atoms with E-state index in [4.69, 9.17) is 4.74 Å². The van der Waals surface area contributed by atoms with Gasteiger partial charge < -0.3 is 9.84 Å². The maximum absolute atomic E-state index is 9.63. The molecule has 2 aliphatic rings. The summed E-state index contributed by atoms with van der Waals surface area (Å²) in [5, 5.41) is 10.8. The van der Waals surface area contributed by atoms with Crippen LogP contribution >= 0.6 is 11.3 Å². The molecule has 3 nitrogen and oxygen atoms in total. The molecule has 4 unspecified atom stereocenters. The second-order valence-electron chi connectivity index (χ2n) is 4.89. The minimum absolute atomic E-state index is 0.386. The number of thiazole rings is 1. The van der Waals surface area contributed by atoms with Gasteiger partial charge in [-0.2, -0.15) is 0 Å². The molecule has 1 aromatic rings. The molecule has 2 aliphatic heterocycles. The minimum atomic E-state index is -0.397. The van der Waals surface area contributed by atoms with Gasteiger partial charge in [0.05, 0.1) is 33.9 Å². The number of aryl methyl sites for hydroxylation is 1. The number of ether oxygens (including phenoxy) is 1. The van der Waals surface area contributed by atoms with Crippen LogP contribution < -0.4 is 0 Å². The third kappa shape index (κ3) is 1.60. The molecule has 4 atom stereocenters. The number of hydrogen-bond donors (Lipinski definition) is 1. The molecule has 2 fully saturated rings. The van der Waals surface area contributed by atoms with Crippen LogP contribution in [-0.2, 0) is 4.74 Å². The monoisotopic (exact) mass is 239 g/mol. The molecule has 2 saturated heterocycles. The van der Waals surface area contributed by atoms with Crippen molar-refractivity contribution in [1.82, 2.24) is 4.98 Å². The zero-order valence-electron chi connectivity index (χ0n) is 9.64. The molecule has 0 amide bonds. The van der Waals surface area contributed by atoms with Gasteiger partial charge in [0, 0.05) is 5.92 Å². The lowest BCUT2D eigenvalue weighted by molar-refractivity contribution is 0.101. The Morgan fingerprint density at radius 3 is 2.81 bits per heavy atom. The van der Waals surface area contributed by atoms with Gasteiger partial charge in [-0.1, -0.05) is 0 Å². The maximum Gasteiger partial charge on any atom is 0.0989 e. The highest BCUT2D eigenvalue weighted by Crippen LogP contribution is 2.46. The third-order valence-corrected chi connectivity index (χ3v) is 5.11. The van der Waals surface area contributed by atoms with Gasteiger partial charge in [-0.3, -0.25) is 0 Å². The summed E-state index contributed by atoms with van der Waals surface area (Å²) in [6.07, 6.45) is 3.97. The van der Waals surface area contributed by atoms with Crippen molar-refractivity contribution in [3.05, 3.63) is 15.6 Å². The highest BCUT2D eigenvalue weighted by Gasteiger charge is 2.43. The predicted octanol–water partition coefficient (Wildman–Crippen LogP) is 2.54. The fourth-order valence-corrected chi connectivity index (χ4v) is 4.04. The van der Waals surface area contributed by atoms with E-state index in [-0.39, 0.29) is 0 Å². The number of aliphatic hydroxyl groups is 1. The molecule has 0 aliphatic carbocycles. The molecule has 3 heterocycles. The van der Waals surface area contributed by atoms with Crippen molar-refractivity contribution in [1.29, 1.82) is 0 Å². The number of rotatable bonds is 2. The minimum Gasteiger partial charge on any atom is -0.388 e. The summed E-state index contributed by atoms with van der Waals surface area (Å²) < 4.78 is 5.85. The standard InChI is InChI=1S/C12H17NO2S/c1-6-11(7(2)14)16-12(13-6)9-5-8-3-4-10(9)15-8/h7-10,14H,3-5H2,1-2H3. The topological polar surface area (TPSA) is 42.4 Å². The predicted molar refractivity (Wildman–Crippen MR) is 62.7 cm³/mol. The second-order valence-corrected chi connectivity index (χ2v) is 5.96. The maximum atomic E-state index is 9.63. The quantitative estimate of drug-likeness (QED) is 0.862. The third-order valence-electron chi connectivity index (χ3n) is 3.65. The highest BCUT2D eigenvalue weighted by molar-refractivity contribution is 7.11. The molecule has 4 heteroatoms. The van der Waals surface area contributed by atoms with Gasteiger partial charge in [0.2, 0.25) is 0 Å². The van der Waals surface area contributed by atoms with E-state index in [1.165, 1.54) is 17.8 Å². The Balaban J connectivity index is 1.87. The van der Waals surface area contributed by atoms with Gasteiger partial charge in [0.15, 0.2) is 0 Å². The van der Waals surface area contributed by atoms with Crippen LogP contribution in [0.15, 0.2) is 0 Å². The zero-order chi connectivity index (χ0) is 11.3. The first-order valence-electron chi connectivity index (χ1n) is 5.96. The van der Waals surface area contributed by atoms with Crippen molar-refractivity contribution < 1.29 is 9.84 Å². The lowest BCUT2D eigenvalue weighted by atomic mass is 9.90. The largest absolute Gasteiger partial charge is 0.388 e. The van der Waals surface area contributed by atoms with Crippen molar-refractivity contribution in [2.24, 2.45) is 0 Å². The average Bonchev–Trinajstić information content (AvgIpc) is 2.89. The van der Waals surface area contributed by atoms with Gasteiger partial charge in [-0.15, -0.1) is 11.3 Å². The Hall–Kier alpha value is -0.450. The van der Waals surface area contributed by atoms with E-state index in [9.17, 15) is 5.11 Å². The summed E-state index contributed by atoms with van der Waals surface area (Å²) in [5.41, 5.74) is 0.984. The van der Waals surface area contributed by atoms with Crippen molar-refractivity contribution >= 4 is 11.3 Å². The fourth-order valence-electron chi connectivity index (χ4n) is 2.87. The molecule has 0 spiro atoms. The number of aromatic nitrogens is 1. The van der Waals surface area contributed by atoms with Crippen LogP contribution in [0.1, 0.15) is 53.8 Å². The van der Waals surface area contributed by atoms with Crippen molar-refractivity contribution in [3.8, 4) is 0 Å². The van der Waals surface area contributed by atoms with Crippen molar-refractivity contribution in [2.75, 3.05) is 0 Å². The highest BCUT2D eigenvalue weighted by atomic mass is 32.1. The average molecular weight is 239 g/mol. The van der Waals surface area contributed by atoms with E-state index in [2.05, 4.69) is 4.98 Å². The van der Waals surface area contributed by atoms with Crippen molar-refractivity contribution in [2.45, 2.75) is 57.3 Å². The summed E-state index contributed by atoms with van der Waals surface area (Å²) in [4.78, 5) is 5.62. The van der Waals surface area contributed by atoms with Gasteiger partial charge in [0.25, 0.3) is 0 Å². The van der Waals surface area contributed by atoms with E-state index in [0.717, 1.165) is 17.0 Å². The molecule has 1 aromatic heterocycles. The first-order chi connectivity index (χ1) is 7.65. The lowest BCUT2D eigenvalue weighted by Gasteiger charge is -2.15. The number of fused-ring (bicyclic) bond motifs is 2. The molecule has 2 bridgehead atoms. The number of nitrogens with zero attached hydrogens (tertiary/aromatic N) is 1. The van der Waals surface area contributed by atoms with E-state index >= 15 is 0 Å². The van der Waals surface area contributed by atoms with E-state index in [1.807, 2.05) is 13.8 Å². The zero-order valence-corrected chi connectivity index (χ0v) is 10.5. The Kier molecular flexibility index (Phi) is 2.53. The van der Waals surface area contributed by atoms with Crippen LogP contribution in [0.25, 0.3) is 0 Å². The Morgan fingerprint density at radius 1 is 1.50 bits per heavy atom. The van der Waals surface area contributed by atoms with Gasteiger partial charge >= 0.3 is 0 Å². The van der Waals surface area contributed by atoms with Gasteiger partial charge in [-0.05, 0) is 33.1 Å². The van der Waals surface area contributed by atoms with Crippen LogP contribution in [0.3, 0.4) is 0 Å². The van der Waals surface area contributed by atoms with Gasteiger partial charge in [-0.25, -0.2) is 4.98 Å². The molecular weight excluding hydrogens is 222 g/mol. The lowest BCUT2D eigenvalue weighted by Crippen LogP contribution is -2.13. The number of hydrogen-bond acceptors (Lipinski definition) is 4. The molecule has 16 heavy (non-hydrogen) atoms. The Bertz CT molecular complexity index is 402. The molecule has 1 N–H and O–H groups in total. The Morgan fingerprint density at radius 2 is 2.31 bits per heavy atom. The summed E-state index contributed by atoms with van der Waals surface area (Å²) in [7, 11) is 0. The molecule has 88 valence electrons. The second kappa shape index (κ2) is 3.79. The van der Waals surface area contributed by atoms with Crippen LogP contribution in [0.4, 0.5) is 0 Å². The Labute approximate surface area is 99.5 Å². The molecule has 0 radical (unpaired) electrons. The van der Waals surface area contributed by atoms with E-state index in [1.54, 1.807) is 11.3 Å². The van der Waals surface area contributed by atoms with Crippen molar-refractivity contribution in [3.63, 3.8) is 0 Å². The summed E-state index contributed by atoms with van der Waals surface area (Å²) in [5.74, 6) is 0.481. The summed E-state index contributed by atoms with van der Waals surface area (Å²) in [6, 6.07) is 0. The molecule has 3 rings (SSSR count). The van der Waals surface area contributed by atoms with Crippen LogP contribution in [0.5, 0.6) is 0 Å².